The molecule has 0 aliphatic heterocycles. The van der Waals surface area contributed by atoms with Crippen LogP contribution in [0.2, 0.25) is 0 Å². The maximum Gasteiger partial charge on any atom is 0.129 e. The first-order chi connectivity index (χ1) is 6.11. The number of hydrogen-bond donors (Lipinski definition) is 1. The largest absolute Gasteiger partial charge is 0.328 e. The Morgan fingerprint density at radius 3 is 2.31 bits per heavy atom. The quantitative estimate of drug-likeness (QED) is 0.767. The molecule has 0 bridgehead atoms. The van der Waals surface area contributed by atoms with Crippen LogP contribution in [0.15, 0.2) is 18.2 Å². The molecule has 0 radical (unpaired) electrons. The van der Waals surface area contributed by atoms with Crippen molar-refractivity contribution in [3.8, 4) is 0 Å². The van der Waals surface area contributed by atoms with Crippen LogP contribution in [0.3, 0.4) is 0 Å². The van der Waals surface area contributed by atoms with Crippen molar-refractivity contribution in [2.24, 2.45) is 5.73 Å². The van der Waals surface area contributed by atoms with E-state index >= 15 is 0 Å². The van der Waals surface area contributed by atoms with Gasteiger partial charge in [0.15, 0.2) is 0 Å². The molecule has 13 heavy (non-hydrogen) atoms. The average Bonchev–Trinajstić information content (AvgIpc) is 2.03. The lowest BCUT2D eigenvalue weighted by Crippen LogP contribution is -2.16. The molecule has 0 saturated carbocycles. The van der Waals surface area contributed by atoms with Gasteiger partial charge in [0.05, 0.1) is 0 Å². The van der Waals surface area contributed by atoms with E-state index in [2.05, 4.69) is 0 Å². The van der Waals surface area contributed by atoms with Crippen LogP contribution in [0.5, 0.6) is 0 Å². The fraction of sp³-hybridized carbons (Fsp3) is 0.400. The van der Waals surface area contributed by atoms with Crippen molar-refractivity contribution in [3.63, 3.8) is 0 Å². The Morgan fingerprint density at radius 1 is 1.31 bits per heavy atom. The van der Waals surface area contributed by atoms with Gasteiger partial charge in [-0.05, 0) is 31.9 Å². The van der Waals surface area contributed by atoms with Gasteiger partial charge in [-0.3, -0.25) is 0 Å². The molecule has 0 aromatic heterocycles. The predicted molar refractivity (Wildman–Crippen MR) is 48.3 cm³/mol. The van der Waals surface area contributed by atoms with E-state index in [0.29, 0.717) is 12.8 Å². The Bertz CT molecular complexity index is 264. The monoisotopic (exact) mass is 185 g/mol. The van der Waals surface area contributed by atoms with Gasteiger partial charge in [0.25, 0.3) is 0 Å². The molecule has 0 aliphatic carbocycles. The second-order valence-corrected chi connectivity index (χ2v) is 3.22. The van der Waals surface area contributed by atoms with Gasteiger partial charge in [-0.25, -0.2) is 8.78 Å². The fourth-order valence-corrected chi connectivity index (χ4v) is 1.14. The second-order valence-electron chi connectivity index (χ2n) is 3.22. The first kappa shape index (κ1) is 10.1. The summed E-state index contributed by atoms with van der Waals surface area (Å²) < 4.78 is 26.0. The lowest BCUT2D eigenvalue weighted by atomic mass is 10.1. The van der Waals surface area contributed by atoms with Crippen LogP contribution in [-0.4, -0.2) is 6.04 Å². The highest BCUT2D eigenvalue weighted by Crippen LogP contribution is 2.14. The Morgan fingerprint density at radius 2 is 1.85 bits per heavy atom. The highest BCUT2D eigenvalue weighted by molar-refractivity contribution is 5.19. The zero-order chi connectivity index (χ0) is 9.84. The molecule has 0 heterocycles. The first-order valence-electron chi connectivity index (χ1n) is 4.29. The van der Waals surface area contributed by atoms with Crippen LogP contribution in [0.1, 0.15) is 18.9 Å². The molecule has 0 aliphatic rings. The maximum atomic E-state index is 13.0. The molecular formula is C10H13F2N. The van der Waals surface area contributed by atoms with Crippen molar-refractivity contribution < 1.29 is 8.78 Å². The van der Waals surface area contributed by atoms with Crippen molar-refractivity contribution in [1.82, 2.24) is 0 Å². The molecule has 1 rings (SSSR count). The van der Waals surface area contributed by atoms with Crippen molar-refractivity contribution in [2.45, 2.75) is 25.8 Å². The summed E-state index contributed by atoms with van der Waals surface area (Å²) in [4.78, 5) is 0. The third-order valence-corrected chi connectivity index (χ3v) is 1.91. The van der Waals surface area contributed by atoms with Gasteiger partial charge in [-0.15, -0.1) is 0 Å². The van der Waals surface area contributed by atoms with Crippen LogP contribution in [0.25, 0.3) is 0 Å². The topological polar surface area (TPSA) is 26.0 Å². The van der Waals surface area contributed by atoms with Gasteiger partial charge in [-0.2, -0.15) is 0 Å². The van der Waals surface area contributed by atoms with Gasteiger partial charge in [0, 0.05) is 11.6 Å². The normalized spacial score (nSPS) is 12.9. The maximum absolute atomic E-state index is 13.0. The zero-order valence-corrected chi connectivity index (χ0v) is 7.56. The van der Waals surface area contributed by atoms with Crippen molar-refractivity contribution in [1.29, 1.82) is 0 Å². The lowest BCUT2D eigenvalue weighted by Gasteiger charge is -2.06. The average molecular weight is 185 g/mol. The van der Waals surface area contributed by atoms with E-state index in [9.17, 15) is 8.78 Å². The molecule has 3 heteroatoms. The van der Waals surface area contributed by atoms with Crippen LogP contribution in [0, 0.1) is 11.6 Å². The standard InChI is InChI=1S/C10H13F2N/c1-7(13)5-6-8-9(11)3-2-4-10(8)12/h2-4,7H,5-6,13H2,1H3/t7-/m1/s1. The zero-order valence-electron chi connectivity index (χ0n) is 7.56. The van der Waals surface area contributed by atoms with Crippen molar-refractivity contribution >= 4 is 0 Å². The minimum absolute atomic E-state index is 0.0287. The molecule has 0 saturated heterocycles. The SMILES string of the molecule is C[C@@H](N)CCc1c(F)cccc1F. The molecule has 1 aromatic carbocycles. The number of benzene rings is 1. The van der Waals surface area contributed by atoms with Gasteiger partial charge >= 0.3 is 0 Å². The van der Waals surface area contributed by atoms with Crippen LogP contribution >= 0.6 is 0 Å². The third-order valence-electron chi connectivity index (χ3n) is 1.91. The summed E-state index contributed by atoms with van der Waals surface area (Å²) in [6, 6.07) is 3.86. The lowest BCUT2D eigenvalue weighted by molar-refractivity contribution is 0.540. The van der Waals surface area contributed by atoms with Gasteiger partial charge < -0.3 is 5.73 Å². The van der Waals surface area contributed by atoms with Gasteiger partial charge in [0.1, 0.15) is 11.6 Å². The summed E-state index contributed by atoms with van der Waals surface area (Å²) >= 11 is 0. The summed E-state index contributed by atoms with van der Waals surface area (Å²) in [6.07, 6.45) is 0.952. The van der Waals surface area contributed by atoms with Crippen LogP contribution < -0.4 is 5.73 Å². The van der Waals surface area contributed by atoms with E-state index in [-0.39, 0.29) is 11.6 Å². The number of hydrogen-bond acceptors (Lipinski definition) is 1. The fourth-order valence-electron chi connectivity index (χ4n) is 1.14. The summed E-state index contributed by atoms with van der Waals surface area (Å²) in [5.74, 6) is -0.971. The number of halogens is 2. The second kappa shape index (κ2) is 4.33. The number of nitrogens with two attached hydrogens (primary N) is 1. The molecule has 72 valence electrons. The smallest absolute Gasteiger partial charge is 0.129 e. The molecule has 0 unspecified atom stereocenters. The number of rotatable bonds is 3. The first-order valence-corrected chi connectivity index (χ1v) is 4.29. The van der Waals surface area contributed by atoms with Gasteiger partial charge in [-0.1, -0.05) is 6.07 Å². The minimum atomic E-state index is -0.486. The van der Waals surface area contributed by atoms with Gasteiger partial charge in [0.2, 0.25) is 0 Å². The summed E-state index contributed by atoms with van der Waals surface area (Å²) in [6.45, 7) is 1.82. The third kappa shape index (κ3) is 2.77. The molecule has 0 spiro atoms. The minimum Gasteiger partial charge on any atom is -0.328 e. The Kier molecular flexibility index (Phi) is 3.37. The van der Waals surface area contributed by atoms with Crippen molar-refractivity contribution in [3.05, 3.63) is 35.4 Å². The molecule has 2 N–H and O–H groups in total. The Labute approximate surface area is 76.6 Å². The summed E-state index contributed by atoms with van der Waals surface area (Å²) in [5, 5.41) is 0. The van der Waals surface area contributed by atoms with E-state index in [4.69, 9.17) is 5.73 Å². The van der Waals surface area contributed by atoms with E-state index in [1.54, 1.807) is 0 Å². The summed E-state index contributed by atoms with van der Waals surface area (Å²) in [5.41, 5.74) is 5.63. The molecule has 1 atom stereocenters. The van der Waals surface area contributed by atoms with Crippen LogP contribution in [0.4, 0.5) is 8.78 Å². The molecular weight excluding hydrogens is 172 g/mol. The van der Waals surface area contributed by atoms with E-state index in [1.165, 1.54) is 18.2 Å². The molecule has 1 nitrogen and oxygen atoms in total. The molecule has 0 amide bonds. The highest BCUT2D eigenvalue weighted by Gasteiger charge is 2.08. The molecule has 0 fully saturated rings. The van der Waals surface area contributed by atoms with E-state index in [1.807, 2.05) is 6.92 Å². The molecule has 1 aromatic rings. The van der Waals surface area contributed by atoms with Crippen LogP contribution in [-0.2, 0) is 6.42 Å². The van der Waals surface area contributed by atoms with E-state index in [0.717, 1.165) is 0 Å². The summed E-state index contributed by atoms with van der Waals surface area (Å²) in [7, 11) is 0. The predicted octanol–water partition coefficient (Wildman–Crippen LogP) is 2.24. The van der Waals surface area contributed by atoms with E-state index < -0.39 is 11.6 Å². The Hall–Kier alpha value is -0.960. The van der Waals surface area contributed by atoms with Crippen molar-refractivity contribution in [2.75, 3.05) is 0 Å². The Balaban J connectivity index is 2.75. The highest BCUT2D eigenvalue weighted by atomic mass is 19.1.